The first-order valence-corrected chi connectivity index (χ1v) is 18.8. The van der Waals surface area contributed by atoms with Crippen LogP contribution in [-0.4, -0.2) is 124 Å². The van der Waals surface area contributed by atoms with E-state index in [2.05, 4.69) is 23.9 Å². The van der Waals surface area contributed by atoms with Crippen molar-refractivity contribution in [2.75, 3.05) is 48.5 Å². The monoisotopic (exact) mass is 632 g/mol. The molecule has 13 unspecified atom stereocenters. The van der Waals surface area contributed by atoms with Crippen LogP contribution in [0.5, 0.6) is 0 Å². The van der Waals surface area contributed by atoms with E-state index in [4.69, 9.17) is 23.7 Å². The summed E-state index contributed by atoms with van der Waals surface area (Å²) in [7, 11) is 10.2. The lowest BCUT2D eigenvalue weighted by Gasteiger charge is -2.56. The summed E-state index contributed by atoms with van der Waals surface area (Å²) in [5.41, 5.74) is 0. The van der Waals surface area contributed by atoms with Gasteiger partial charge in [0, 0.05) is 39.3 Å². The molecular weight excluding hydrogens is 568 g/mol. The minimum Gasteiger partial charge on any atom is -0.388 e. The summed E-state index contributed by atoms with van der Waals surface area (Å²) in [4.78, 5) is 5.28. The molecule has 0 radical (unpaired) electrons. The van der Waals surface area contributed by atoms with E-state index in [1.807, 2.05) is 14.2 Å². The average molecular weight is 633 g/mol. The summed E-state index contributed by atoms with van der Waals surface area (Å²) in [5.74, 6) is 3.47. The molecule has 4 aliphatic heterocycles. The molecule has 4 heterocycles. The Morgan fingerprint density at radius 2 is 1.20 bits per heavy atom. The Bertz CT molecular complexity index is 963. The molecule has 6 bridgehead atoms. The van der Waals surface area contributed by atoms with E-state index in [-0.39, 0.29) is 36.6 Å². The van der Waals surface area contributed by atoms with Gasteiger partial charge < -0.3 is 38.6 Å². The number of ether oxygens (including phenoxy) is 5. The molecule has 8 rings (SSSR count). The van der Waals surface area contributed by atoms with Gasteiger partial charge in [-0.3, -0.25) is 0 Å². The second-order valence-electron chi connectivity index (χ2n) is 16.6. The Morgan fingerprint density at radius 3 is 1.93 bits per heavy atom. The predicted molar refractivity (Wildman–Crippen MR) is 174 cm³/mol. The maximum Gasteiger partial charge on any atom is 0.107 e. The highest BCUT2D eigenvalue weighted by Crippen LogP contribution is 2.49. The molecule has 1 N–H and O–H groups in total. The van der Waals surface area contributed by atoms with Crippen LogP contribution in [-0.2, 0) is 23.7 Å². The van der Waals surface area contributed by atoms with E-state index >= 15 is 0 Å². The van der Waals surface area contributed by atoms with Gasteiger partial charge in [-0.25, -0.2) is 0 Å². The van der Waals surface area contributed by atoms with E-state index in [9.17, 15) is 5.11 Å². The maximum atomic E-state index is 11.9. The maximum absolute atomic E-state index is 11.9. The molecule has 4 aliphatic carbocycles. The normalized spacial score (nSPS) is 51.6. The van der Waals surface area contributed by atoms with Gasteiger partial charge >= 0.3 is 0 Å². The summed E-state index contributed by atoms with van der Waals surface area (Å²) in [6, 6.07) is 0.974. The van der Waals surface area contributed by atoms with E-state index < -0.39 is 6.10 Å². The van der Waals surface area contributed by atoms with E-state index in [1.54, 1.807) is 7.11 Å². The summed E-state index contributed by atoms with van der Waals surface area (Å²) < 4.78 is 32.6. The molecule has 8 fully saturated rings. The van der Waals surface area contributed by atoms with Crippen molar-refractivity contribution in [3.8, 4) is 0 Å². The van der Waals surface area contributed by atoms with Gasteiger partial charge in [0.2, 0.25) is 0 Å². The van der Waals surface area contributed by atoms with Crippen molar-refractivity contribution in [2.24, 2.45) is 35.5 Å². The van der Waals surface area contributed by atoms with Crippen molar-refractivity contribution in [1.29, 1.82) is 0 Å². The Balaban J connectivity index is 1.22. The standard InChI is InChI=1S/C37H64N2O6/c1-38-14-12-24-19-31(42-4)33-21-27(24)28(38)17-23-8-11-30(41-3)32(18-23)44-26-9-6-22(7-10-26)16-29-35-25(13-15-39(29)2)20-34(43-5)36(40)37(35)45-33/h22-37,40H,6-21H2,1-5H3/t22?,23?,24?,25?,26?,27?,28-,29?,30?,31?,32?,33?,34?,35?,36?,37?/m1/s1. The van der Waals surface area contributed by atoms with Crippen LogP contribution in [0.3, 0.4) is 0 Å². The van der Waals surface area contributed by atoms with Gasteiger partial charge in [-0.2, -0.15) is 0 Å². The summed E-state index contributed by atoms with van der Waals surface area (Å²) in [6.07, 6.45) is 16.0. The third kappa shape index (κ3) is 6.67. The average Bonchev–Trinajstić information content (AvgIpc) is 3.05. The molecular formula is C37H64N2O6. The molecule has 0 aromatic rings. The van der Waals surface area contributed by atoms with Gasteiger partial charge in [-0.05, 0) is 147 Å². The predicted octanol–water partition coefficient (Wildman–Crippen LogP) is 4.75. The van der Waals surface area contributed by atoms with E-state index in [0.29, 0.717) is 53.7 Å². The van der Waals surface area contributed by atoms with Crippen LogP contribution in [0.15, 0.2) is 0 Å². The first-order chi connectivity index (χ1) is 21.9. The highest BCUT2D eigenvalue weighted by molar-refractivity contribution is 5.05. The zero-order chi connectivity index (χ0) is 31.2. The number of aliphatic hydroxyl groups excluding tert-OH is 1. The Kier molecular flexibility index (Phi) is 10.5. The molecule has 45 heavy (non-hydrogen) atoms. The smallest absolute Gasteiger partial charge is 0.107 e. The van der Waals surface area contributed by atoms with Gasteiger partial charge in [-0.15, -0.1) is 0 Å². The number of nitrogens with zero attached hydrogens (tertiary/aromatic N) is 2. The second kappa shape index (κ2) is 14.3. The van der Waals surface area contributed by atoms with E-state index in [0.717, 1.165) is 57.9 Å². The lowest BCUT2D eigenvalue weighted by molar-refractivity contribution is -0.229. The SMILES string of the molecule is COC1CCC2CC1OC1CCC(CC1)CC1C3C(CCN1C)CC(OC)C(O)C3OC1CC3C(CCN(C)[C@@H]3C2)CC1OC. The fraction of sp³-hybridized carbons (Fsp3) is 1.00. The topological polar surface area (TPSA) is 72.9 Å². The quantitative estimate of drug-likeness (QED) is 0.478. The number of methoxy groups -OCH3 is 3. The first-order valence-electron chi connectivity index (χ1n) is 18.8. The zero-order valence-electron chi connectivity index (χ0n) is 28.9. The van der Waals surface area contributed by atoms with Crippen molar-refractivity contribution in [2.45, 2.75) is 151 Å². The van der Waals surface area contributed by atoms with Crippen LogP contribution in [0.25, 0.3) is 0 Å². The summed E-state index contributed by atoms with van der Waals surface area (Å²) >= 11 is 0. The minimum atomic E-state index is -0.604. The molecule has 8 aliphatic rings. The summed E-state index contributed by atoms with van der Waals surface area (Å²) in [5, 5.41) is 11.9. The highest BCUT2D eigenvalue weighted by Gasteiger charge is 2.54. The Labute approximate surface area is 273 Å². The van der Waals surface area contributed by atoms with Gasteiger partial charge in [0.1, 0.15) is 6.10 Å². The minimum absolute atomic E-state index is 0.00340. The van der Waals surface area contributed by atoms with Gasteiger partial charge in [0.15, 0.2) is 0 Å². The lowest BCUT2D eigenvalue weighted by atomic mass is 9.64. The molecule has 0 amide bonds. The lowest BCUT2D eigenvalue weighted by Crippen LogP contribution is -2.63. The Morgan fingerprint density at radius 1 is 0.578 bits per heavy atom. The number of hydrogen-bond acceptors (Lipinski definition) is 8. The molecule has 0 spiro atoms. The number of piperidine rings is 2. The fourth-order valence-electron chi connectivity index (χ4n) is 11.8. The van der Waals surface area contributed by atoms with Crippen LogP contribution in [0.2, 0.25) is 0 Å². The van der Waals surface area contributed by atoms with Crippen molar-refractivity contribution >= 4 is 0 Å². The fourth-order valence-corrected chi connectivity index (χ4v) is 11.8. The number of aliphatic hydroxyl groups is 1. The van der Waals surface area contributed by atoms with Crippen LogP contribution >= 0.6 is 0 Å². The van der Waals surface area contributed by atoms with E-state index in [1.165, 1.54) is 45.1 Å². The molecule has 8 heteroatoms. The van der Waals surface area contributed by atoms with Crippen LogP contribution in [0.1, 0.15) is 89.9 Å². The number of fused-ring (bicyclic) bond motifs is 2. The third-order valence-electron chi connectivity index (χ3n) is 14.4. The first kappa shape index (κ1) is 33.2. The number of rotatable bonds is 3. The number of likely N-dealkylation sites (tertiary alicyclic amines) is 2. The Hall–Kier alpha value is -0.320. The molecule has 14 atom stereocenters. The third-order valence-corrected chi connectivity index (χ3v) is 14.4. The largest absolute Gasteiger partial charge is 0.388 e. The van der Waals surface area contributed by atoms with Crippen LogP contribution in [0.4, 0.5) is 0 Å². The van der Waals surface area contributed by atoms with Crippen molar-refractivity contribution in [1.82, 2.24) is 9.80 Å². The highest BCUT2D eigenvalue weighted by atomic mass is 16.6. The van der Waals surface area contributed by atoms with Crippen LogP contribution in [0, 0.1) is 35.5 Å². The molecule has 4 saturated heterocycles. The van der Waals surface area contributed by atoms with Gasteiger partial charge in [0.05, 0.1) is 42.7 Å². The molecule has 4 saturated carbocycles. The molecule has 0 aromatic carbocycles. The van der Waals surface area contributed by atoms with Gasteiger partial charge in [0.25, 0.3) is 0 Å². The van der Waals surface area contributed by atoms with Crippen molar-refractivity contribution in [3.05, 3.63) is 0 Å². The summed E-state index contributed by atoms with van der Waals surface area (Å²) in [6.45, 7) is 2.28. The molecule has 258 valence electrons. The van der Waals surface area contributed by atoms with Gasteiger partial charge in [-0.1, -0.05) is 0 Å². The van der Waals surface area contributed by atoms with Crippen molar-refractivity contribution in [3.63, 3.8) is 0 Å². The number of hydrogen-bond donors (Lipinski definition) is 1. The molecule has 0 aromatic heterocycles. The van der Waals surface area contributed by atoms with Crippen LogP contribution < -0.4 is 0 Å². The second-order valence-corrected chi connectivity index (χ2v) is 16.6. The van der Waals surface area contributed by atoms with Crippen molar-refractivity contribution < 1.29 is 28.8 Å². The zero-order valence-corrected chi connectivity index (χ0v) is 28.9. The molecule has 8 nitrogen and oxygen atoms in total.